The molecule has 1 rings (SSSR count). The predicted molar refractivity (Wildman–Crippen MR) is 70.9 cm³/mol. The molecule has 1 saturated carbocycles. The monoisotopic (exact) mass is 241 g/mol. The SMILES string of the molecule is CCCCNC(=O)N(C)C1CCCCC1CN. The third-order valence-corrected chi connectivity index (χ3v) is 3.80. The van der Waals surface area contributed by atoms with Crippen molar-refractivity contribution in [3.8, 4) is 0 Å². The highest BCUT2D eigenvalue weighted by Crippen LogP contribution is 2.27. The van der Waals surface area contributed by atoms with E-state index in [1.54, 1.807) is 0 Å². The van der Waals surface area contributed by atoms with Gasteiger partial charge in [0.2, 0.25) is 0 Å². The molecule has 2 amide bonds. The highest BCUT2D eigenvalue weighted by molar-refractivity contribution is 5.74. The maximum atomic E-state index is 12.0. The largest absolute Gasteiger partial charge is 0.338 e. The van der Waals surface area contributed by atoms with Crippen molar-refractivity contribution in [2.24, 2.45) is 11.7 Å². The van der Waals surface area contributed by atoms with Gasteiger partial charge >= 0.3 is 6.03 Å². The first kappa shape index (κ1) is 14.3. The number of carbonyl (C=O) groups is 1. The fourth-order valence-corrected chi connectivity index (χ4v) is 2.62. The maximum absolute atomic E-state index is 12.0. The smallest absolute Gasteiger partial charge is 0.317 e. The third kappa shape index (κ3) is 4.19. The molecular formula is C13H27N3O. The fraction of sp³-hybridized carbons (Fsp3) is 0.923. The highest BCUT2D eigenvalue weighted by Gasteiger charge is 2.29. The van der Waals surface area contributed by atoms with Gasteiger partial charge in [-0.2, -0.15) is 0 Å². The molecule has 4 nitrogen and oxygen atoms in total. The Bertz CT molecular complexity index is 233. The Morgan fingerprint density at radius 1 is 1.41 bits per heavy atom. The van der Waals surface area contributed by atoms with Crippen molar-refractivity contribution in [2.45, 2.75) is 51.5 Å². The van der Waals surface area contributed by atoms with Crippen LogP contribution in [0.2, 0.25) is 0 Å². The van der Waals surface area contributed by atoms with Gasteiger partial charge in [-0.05, 0) is 31.7 Å². The normalized spacial score (nSPS) is 24.4. The minimum Gasteiger partial charge on any atom is -0.338 e. The number of unbranched alkanes of at least 4 members (excludes halogenated alkanes) is 1. The third-order valence-electron chi connectivity index (χ3n) is 3.80. The molecule has 1 aliphatic carbocycles. The quantitative estimate of drug-likeness (QED) is 0.723. The number of rotatable bonds is 5. The van der Waals surface area contributed by atoms with Crippen LogP contribution in [0.5, 0.6) is 0 Å². The molecule has 3 N–H and O–H groups in total. The summed E-state index contributed by atoms with van der Waals surface area (Å²) in [6.07, 6.45) is 6.88. The van der Waals surface area contributed by atoms with Crippen LogP contribution in [0.1, 0.15) is 45.4 Å². The van der Waals surface area contributed by atoms with Crippen LogP contribution in [-0.2, 0) is 0 Å². The van der Waals surface area contributed by atoms with Crippen molar-refractivity contribution in [1.29, 1.82) is 0 Å². The van der Waals surface area contributed by atoms with E-state index in [4.69, 9.17) is 5.73 Å². The van der Waals surface area contributed by atoms with Crippen molar-refractivity contribution >= 4 is 6.03 Å². The second-order valence-electron chi connectivity index (χ2n) is 5.04. The Morgan fingerprint density at radius 3 is 2.76 bits per heavy atom. The van der Waals surface area contributed by atoms with Crippen LogP contribution in [0.25, 0.3) is 0 Å². The van der Waals surface area contributed by atoms with Crippen molar-refractivity contribution < 1.29 is 4.79 Å². The van der Waals surface area contributed by atoms with E-state index in [-0.39, 0.29) is 6.03 Å². The topological polar surface area (TPSA) is 58.4 Å². The van der Waals surface area contributed by atoms with Gasteiger partial charge in [-0.25, -0.2) is 4.79 Å². The summed E-state index contributed by atoms with van der Waals surface area (Å²) >= 11 is 0. The molecule has 1 aliphatic rings. The number of hydrogen-bond donors (Lipinski definition) is 2. The van der Waals surface area contributed by atoms with Gasteiger partial charge in [0, 0.05) is 19.6 Å². The minimum absolute atomic E-state index is 0.0591. The molecule has 1 fully saturated rings. The summed E-state index contributed by atoms with van der Waals surface area (Å²) < 4.78 is 0. The molecule has 17 heavy (non-hydrogen) atoms. The average Bonchev–Trinajstić information content (AvgIpc) is 2.38. The molecule has 0 aromatic rings. The predicted octanol–water partition coefficient (Wildman–Crippen LogP) is 1.95. The molecule has 0 spiro atoms. The number of nitrogens with zero attached hydrogens (tertiary/aromatic N) is 1. The van der Waals surface area contributed by atoms with E-state index in [2.05, 4.69) is 12.2 Å². The van der Waals surface area contributed by atoms with Gasteiger partial charge in [0.05, 0.1) is 0 Å². The van der Waals surface area contributed by atoms with Gasteiger partial charge < -0.3 is 16.0 Å². The maximum Gasteiger partial charge on any atom is 0.317 e. The van der Waals surface area contributed by atoms with Crippen LogP contribution in [0.15, 0.2) is 0 Å². The first-order chi connectivity index (χ1) is 8.20. The molecule has 0 aromatic heterocycles. The first-order valence-corrected chi connectivity index (χ1v) is 6.91. The fourth-order valence-electron chi connectivity index (χ4n) is 2.62. The molecular weight excluding hydrogens is 214 g/mol. The average molecular weight is 241 g/mol. The summed E-state index contributed by atoms with van der Waals surface area (Å²) in [5.41, 5.74) is 5.79. The Morgan fingerprint density at radius 2 is 2.12 bits per heavy atom. The number of amides is 2. The summed E-state index contributed by atoms with van der Waals surface area (Å²) in [6.45, 7) is 3.60. The van der Waals surface area contributed by atoms with E-state index in [9.17, 15) is 4.79 Å². The standard InChI is InChI=1S/C13H27N3O/c1-3-4-9-15-13(17)16(2)12-8-6-5-7-11(12)10-14/h11-12H,3-10,14H2,1-2H3,(H,15,17). The van der Waals surface area contributed by atoms with Crippen LogP contribution < -0.4 is 11.1 Å². The Hall–Kier alpha value is -0.770. The zero-order chi connectivity index (χ0) is 12.7. The summed E-state index contributed by atoms with van der Waals surface area (Å²) in [5.74, 6) is 0.477. The van der Waals surface area contributed by atoms with E-state index in [1.807, 2.05) is 11.9 Å². The van der Waals surface area contributed by atoms with E-state index in [0.29, 0.717) is 18.5 Å². The number of urea groups is 1. The molecule has 4 heteroatoms. The molecule has 100 valence electrons. The van der Waals surface area contributed by atoms with E-state index in [1.165, 1.54) is 12.8 Å². The Kier molecular flexibility index (Phi) is 6.34. The van der Waals surface area contributed by atoms with Crippen LogP contribution in [0, 0.1) is 5.92 Å². The van der Waals surface area contributed by atoms with Crippen molar-refractivity contribution in [1.82, 2.24) is 10.2 Å². The molecule has 2 atom stereocenters. The zero-order valence-electron chi connectivity index (χ0n) is 11.2. The van der Waals surface area contributed by atoms with Crippen LogP contribution in [-0.4, -0.2) is 37.1 Å². The van der Waals surface area contributed by atoms with E-state index >= 15 is 0 Å². The molecule has 0 saturated heterocycles. The lowest BCUT2D eigenvalue weighted by atomic mass is 9.84. The van der Waals surface area contributed by atoms with Crippen molar-refractivity contribution in [3.63, 3.8) is 0 Å². The summed E-state index contributed by atoms with van der Waals surface area (Å²) in [5, 5.41) is 2.97. The molecule has 0 bridgehead atoms. The van der Waals surface area contributed by atoms with Gasteiger partial charge in [0.25, 0.3) is 0 Å². The second-order valence-corrected chi connectivity index (χ2v) is 5.04. The lowest BCUT2D eigenvalue weighted by molar-refractivity contribution is 0.141. The van der Waals surface area contributed by atoms with Crippen LogP contribution in [0.3, 0.4) is 0 Å². The number of nitrogens with one attached hydrogen (secondary N) is 1. The van der Waals surface area contributed by atoms with Crippen LogP contribution >= 0.6 is 0 Å². The number of carbonyl (C=O) groups excluding carboxylic acids is 1. The second kappa shape index (κ2) is 7.54. The number of nitrogens with two attached hydrogens (primary N) is 1. The first-order valence-electron chi connectivity index (χ1n) is 6.91. The summed E-state index contributed by atoms with van der Waals surface area (Å²) in [6, 6.07) is 0.388. The van der Waals surface area contributed by atoms with Crippen molar-refractivity contribution in [2.75, 3.05) is 20.1 Å². The summed E-state index contributed by atoms with van der Waals surface area (Å²) in [7, 11) is 1.90. The van der Waals surface area contributed by atoms with Gasteiger partial charge in [-0.15, -0.1) is 0 Å². The molecule has 0 aromatic carbocycles. The lowest BCUT2D eigenvalue weighted by Gasteiger charge is -2.37. The summed E-state index contributed by atoms with van der Waals surface area (Å²) in [4.78, 5) is 13.8. The van der Waals surface area contributed by atoms with Gasteiger partial charge in [-0.3, -0.25) is 0 Å². The molecule has 0 heterocycles. The minimum atomic E-state index is 0.0591. The van der Waals surface area contributed by atoms with Crippen molar-refractivity contribution in [3.05, 3.63) is 0 Å². The van der Waals surface area contributed by atoms with Crippen LogP contribution in [0.4, 0.5) is 4.79 Å². The Labute approximate surface area is 105 Å². The van der Waals surface area contributed by atoms with Gasteiger partial charge in [0.1, 0.15) is 0 Å². The number of hydrogen-bond acceptors (Lipinski definition) is 2. The van der Waals surface area contributed by atoms with Gasteiger partial charge in [0.15, 0.2) is 0 Å². The lowest BCUT2D eigenvalue weighted by Crippen LogP contribution is -2.49. The van der Waals surface area contributed by atoms with Gasteiger partial charge in [-0.1, -0.05) is 26.2 Å². The molecule has 0 radical (unpaired) electrons. The zero-order valence-corrected chi connectivity index (χ0v) is 11.2. The van der Waals surface area contributed by atoms with E-state index in [0.717, 1.165) is 32.2 Å². The highest BCUT2D eigenvalue weighted by atomic mass is 16.2. The molecule has 0 aliphatic heterocycles. The van der Waals surface area contributed by atoms with E-state index < -0.39 is 0 Å². The Balaban J connectivity index is 2.42. The molecule has 2 unspecified atom stereocenters.